The molecule has 7 nitrogen and oxygen atoms in total. The highest BCUT2D eigenvalue weighted by atomic mass is 32.1. The van der Waals surface area contributed by atoms with Crippen LogP contribution in [0.2, 0.25) is 0 Å². The van der Waals surface area contributed by atoms with Crippen molar-refractivity contribution in [1.29, 1.82) is 0 Å². The predicted molar refractivity (Wildman–Crippen MR) is 115 cm³/mol. The van der Waals surface area contributed by atoms with Crippen LogP contribution in [0.3, 0.4) is 0 Å². The quantitative estimate of drug-likeness (QED) is 0.465. The zero-order valence-electron chi connectivity index (χ0n) is 16.5. The Labute approximate surface area is 174 Å². The maximum absolute atomic E-state index is 11.9. The molecule has 2 N–H and O–H groups in total. The van der Waals surface area contributed by atoms with Gasteiger partial charge in [0.25, 0.3) is 0 Å². The van der Waals surface area contributed by atoms with Gasteiger partial charge in [-0.2, -0.15) is 4.98 Å². The van der Waals surface area contributed by atoms with E-state index in [2.05, 4.69) is 20.8 Å². The molecule has 0 aliphatic rings. The molecule has 0 saturated heterocycles. The van der Waals surface area contributed by atoms with Crippen LogP contribution in [-0.2, 0) is 11.3 Å². The van der Waals surface area contributed by atoms with Gasteiger partial charge in [0, 0.05) is 11.3 Å². The van der Waals surface area contributed by atoms with E-state index in [-0.39, 0.29) is 12.5 Å². The fourth-order valence-electron chi connectivity index (χ4n) is 2.57. The smallest absolute Gasteiger partial charge is 0.338 e. The summed E-state index contributed by atoms with van der Waals surface area (Å²) in [5.41, 5.74) is 4.18. The summed E-state index contributed by atoms with van der Waals surface area (Å²) in [6, 6.07) is 13.2. The number of hydrogen-bond acceptors (Lipinski definition) is 6. The third-order valence-electron chi connectivity index (χ3n) is 4.17. The summed E-state index contributed by atoms with van der Waals surface area (Å²) in [7, 11) is 0. The Morgan fingerprint density at radius 1 is 1.17 bits per heavy atom. The first-order chi connectivity index (χ1) is 14.0. The van der Waals surface area contributed by atoms with E-state index < -0.39 is 0 Å². The number of hydrogen-bond donors (Lipinski definition) is 2. The van der Waals surface area contributed by atoms with Gasteiger partial charge in [-0.05, 0) is 50.7 Å². The molecule has 0 saturated carbocycles. The van der Waals surface area contributed by atoms with Crippen molar-refractivity contribution in [3.8, 4) is 11.4 Å². The summed E-state index contributed by atoms with van der Waals surface area (Å²) in [6.45, 7) is 6.32. The zero-order valence-corrected chi connectivity index (χ0v) is 17.3. The third kappa shape index (κ3) is 5.39. The number of nitrogens with zero attached hydrogens (tertiary/aromatic N) is 2. The maximum atomic E-state index is 11.9. The second-order valence-electron chi connectivity index (χ2n) is 6.44. The average Bonchev–Trinajstić information content (AvgIpc) is 3.18. The molecule has 0 radical (unpaired) electrons. The fourth-order valence-corrected chi connectivity index (χ4v) is 2.75. The highest BCUT2D eigenvalue weighted by Crippen LogP contribution is 2.18. The number of aromatic nitrogens is 2. The highest BCUT2D eigenvalue weighted by Gasteiger charge is 2.11. The molecule has 0 aliphatic heterocycles. The van der Waals surface area contributed by atoms with Crippen molar-refractivity contribution in [1.82, 2.24) is 15.5 Å². The lowest BCUT2D eigenvalue weighted by atomic mass is 10.1. The van der Waals surface area contributed by atoms with E-state index in [1.807, 2.05) is 44.2 Å². The van der Waals surface area contributed by atoms with Gasteiger partial charge in [0.15, 0.2) is 5.11 Å². The molecule has 0 fully saturated rings. The molecule has 0 bridgehead atoms. The number of anilines is 1. The summed E-state index contributed by atoms with van der Waals surface area (Å²) in [5, 5.41) is 10.5. The number of ether oxygens (including phenoxy) is 1. The standard InChI is InChI=1S/C21H22N4O3S/c1-4-27-20(26)16-10-7-14(3)17(11-16)23-21(29)22-12-18-24-19(25-28-18)15-8-5-13(2)6-9-15/h5-11H,4,12H2,1-3H3,(H2,22,23,29). The summed E-state index contributed by atoms with van der Waals surface area (Å²) in [4.78, 5) is 16.3. The number of rotatable bonds is 6. The molecule has 0 amide bonds. The van der Waals surface area contributed by atoms with Crippen molar-refractivity contribution >= 4 is 29.0 Å². The Morgan fingerprint density at radius 3 is 2.66 bits per heavy atom. The maximum Gasteiger partial charge on any atom is 0.338 e. The minimum atomic E-state index is -0.371. The number of carbonyl (C=O) groups is 1. The summed E-state index contributed by atoms with van der Waals surface area (Å²) in [5.74, 6) is 0.573. The normalized spacial score (nSPS) is 10.4. The zero-order chi connectivity index (χ0) is 20.8. The van der Waals surface area contributed by atoms with Gasteiger partial charge in [-0.15, -0.1) is 0 Å². The van der Waals surface area contributed by atoms with Crippen LogP contribution in [0.5, 0.6) is 0 Å². The lowest BCUT2D eigenvalue weighted by Gasteiger charge is -2.12. The van der Waals surface area contributed by atoms with Gasteiger partial charge in [-0.1, -0.05) is 41.1 Å². The van der Waals surface area contributed by atoms with Crippen molar-refractivity contribution < 1.29 is 14.1 Å². The molecule has 29 heavy (non-hydrogen) atoms. The fraction of sp³-hybridized carbons (Fsp3) is 0.238. The number of aryl methyl sites for hydroxylation is 2. The summed E-state index contributed by atoms with van der Waals surface area (Å²) in [6.07, 6.45) is 0. The molecule has 8 heteroatoms. The number of nitrogens with one attached hydrogen (secondary N) is 2. The monoisotopic (exact) mass is 410 g/mol. The lowest BCUT2D eigenvalue weighted by Crippen LogP contribution is -2.28. The van der Waals surface area contributed by atoms with Gasteiger partial charge in [0.2, 0.25) is 11.7 Å². The van der Waals surface area contributed by atoms with Crippen LogP contribution >= 0.6 is 12.2 Å². The van der Waals surface area contributed by atoms with Crippen LogP contribution in [0.4, 0.5) is 5.69 Å². The largest absolute Gasteiger partial charge is 0.462 e. The number of carbonyl (C=O) groups excluding carboxylic acids is 1. The molecule has 0 aliphatic carbocycles. The van der Waals surface area contributed by atoms with Crippen molar-refractivity contribution in [2.24, 2.45) is 0 Å². The molecule has 2 aromatic carbocycles. The first-order valence-corrected chi connectivity index (χ1v) is 9.59. The van der Waals surface area contributed by atoms with Crippen LogP contribution in [0, 0.1) is 13.8 Å². The number of benzene rings is 2. The number of esters is 1. The van der Waals surface area contributed by atoms with Crippen LogP contribution in [0.1, 0.15) is 34.3 Å². The highest BCUT2D eigenvalue weighted by molar-refractivity contribution is 7.80. The molecular weight excluding hydrogens is 388 g/mol. The van der Waals surface area contributed by atoms with Gasteiger partial charge in [-0.3, -0.25) is 0 Å². The second-order valence-corrected chi connectivity index (χ2v) is 6.84. The van der Waals surface area contributed by atoms with Crippen molar-refractivity contribution in [3.05, 3.63) is 65.0 Å². The van der Waals surface area contributed by atoms with Gasteiger partial charge in [0.05, 0.1) is 18.7 Å². The molecule has 150 valence electrons. The van der Waals surface area contributed by atoms with E-state index in [0.29, 0.717) is 29.0 Å². The van der Waals surface area contributed by atoms with E-state index in [1.54, 1.807) is 19.1 Å². The number of thiocarbonyl (C=S) groups is 1. The predicted octanol–water partition coefficient (Wildman–Crippen LogP) is 4.02. The minimum absolute atomic E-state index is 0.279. The molecule has 1 aromatic heterocycles. The minimum Gasteiger partial charge on any atom is -0.462 e. The second kappa shape index (κ2) is 9.29. The van der Waals surface area contributed by atoms with Crippen LogP contribution < -0.4 is 10.6 Å². The van der Waals surface area contributed by atoms with E-state index in [0.717, 1.165) is 22.4 Å². The third-order valence-corrected chi connectivity index (χ3v) is 4.42. The van der Waals surface area contributed by atoms with Crippen molar-refractivity contribution in [2.75, 3.05) is 11.9 Å². The Morgan fingerprint density at radius 2 is 1.93 bits per heavy atom. The van der Waals surface area contributed by atoms with Gasteiger partial charge < -0.3 is 19.9 Å². The SMILES string of the molecule is CCOC(=O)c1ccc(C)c(NC(=S)NCc2nc(-c3ccc(C)cc3)no2)c1. The van der Waals surface area contributed by atoms with Crippen molar-refractivity contribution in [2.45, 2.75) is 27.3 Å². The first kappa shape index (κ1) is 20.5. The van der Waals surface area contributed by atoms with Crippen molar-refractivity contribution in [3.63, 3.8) is 0 Å². The molecular formula is C21H22N4O3S. The summed E-state index contributed by atoms with van der Waals surface area (Å²) < 4.78 is 10.3. The molecule has 3 aromatic rings. The van der Waals surface area contributed by atoms with Crippen LogP contribution in [0.15, 0.2) is 47.0 Å². The molecule has 3 rings (SSSR count). The first-order valence-electron chi connectivity index (χ1n) is 9.18. The molecule has 0 atom stereocenters. The Kier molecular flexibility index (Phi) is 6.56. The molecule has 0 unspecified atom stereocenters. The molecule has 0 spiro atoms. The van der Waals surface area contributed by atoms with E-state index in [1.165, 1.54) is 0 Å². The average molecular weight is 410 g/mol. The Bertz CT molecular complexity index is 1020. The lowest BCUT2D eigenvalue weighted by molar-refractivity contribution is 0.0526. The topological polar surface area (TPSA) is 89.3 Å². The van der Waals surface area contributed by atoms with Gasteiger partial charge >= 0.3 is 5.97 Å². The Balaban J connectivity index is 1.60. The van der Waals surface area contributed by atoms with E-state index in [9.17, 15) is 4.79 Å². The van der Waals surface area contributed by atoms with Crippen LogP contribution in [-0.4, -0.2) is 27.8 Å². The Hall–Kier alpha value is -3.26. The van der Waals surface area contributed by atoms with E-state index in [4.69, 9.17) is 21.5 Å². The van der Waals surface area contributed by atoms with Gasteiger partial charge in [0.1, 0.15) is 0 Å². The summed E-state index contributed by atoms with van der Waals surface area (Å²) >= 11 is 5.34. The van der Waals surface area contributed by atoms with Gasteiger partial charge in [-0.25, -0.2) is 4.79 Å². The molecule has 1 heterocycles. The van der Waals surface area contributed by atoms with E-state index >= 15 is 0 Å². The van der Waals surface area contributed by atoms with Crippen LogP contribution in [0.25, 0.3) is 11.4 Å².